The molecule has 3 nitrogen and oxygen atoms in total. The highest BCUT2D eigenvalue weighted by molar-refractivity contribution is 8.01. The summed E-state index contributed by atoms with van der Waals surface area (Å²) in [5.41, 5.74) is 1.17. The van der Waals surface area contributed by atoms with Gasteiger partial charge in [-0.25, -0.2) is 0 Å². The van der Waals surface area contributed by atoms with Crippen LogP contribution in [0.1, 0.15) is 20.8 Å². The van der Waals surface area contributed by atoms with E-state index < -0.39 is 0 Å². The molecule has 1 aromatic carbocycles. The fourth-order valence-electron chi connectivity index (χ4n) is 1.51. The molecule has 0 aliphatic heterocycles. The third kappa shape index (κ3) is 7.11. The molecule has 0 aliphatic rings. The smallest absolute Gasteiger partial charge is 0.230 e. The first-order valence-electron chi connectivity index (χ1n) is 6.55. The van der Waals surface area contributed by atoms with Gasteiger partial charge in [-0.2, -0.15) is 0 Å². The molecule has 0 radical (unpaired) electrons. The summed E-state index contributed by atoms with van der Waals surface area (Å²) in [4.78, 5) is 13.8. The van der Waals surface area contributed by atoms with E-state index in [-0.39, 0.29) is 10.7 Å². The predicted octanol–water partition coefficient (Wildman–Crippen LogP) is 2.77. The van der Waals surface area contributed by atoms with Crippen molar-refractivity contribution in [1.29, 1.82) is 0 Å². The first-order chi connectivity index (χ1) is 8.88. The molecule has 0 unspecified atom stereocenters. The second kappa shape index (κ2) is 7.43. The van der Waals surface area contributed by atoms with Gasteiger partial charge in [0.25, 0.3) is 0 Å². The van der Waals surface area contributed by atoms with Crippen molar-refractivity contribution in [3.63, 3.8) is 0 Å². The van der Waals surface area contributed by atoms with Crippen LogP contribution >= 0.6 is 11.8 Å². The van der Waals surface area contributed by atoms with Gasteiger partial charge in [0.1, 0.15) is 0 Å². The van der Waals surface area contributed by atoms with Gasteiger partial charge >= 0.3 is 0 Å². The first kappa shape index (κ1) is 15.9. The Balaban J connectivity index is 2.22. The number of thioether (sulfide) groups is 1. The fourth-order valence-corrected chi connectivity index (χ4v) is 2.17. The molecule has 0 saturated carbocycles. The molecule has 0 aliphatic carbocycles. The summed E-state index contributed by atoms with van der Waals surface area (Å²) in [6.07, 6.45) is 0. The Morgan fingerprint density at radius 3 is 2.47 bits per heavy atom. The molecule has 1 amide bonds. The Labute approximate surface area is 120 Å². The van der Waals surface area contributed by atoms with Crippen molar-refractivity contribution in [1.82, 2.24) is 5.32 Å². The van der Waals surface area contributed by atoms with Crippen molar-refractivity contribution >= 4 is 23.4 Å². The molecule has 1 aromatic rings. The Morgan fingerprint density at radius 2 is 1.89 bits per heavy atom. The van der Waals surface area contributed by atoms with E-state index in [0.29, 0.717) is 12.3 Å². The van der Waals surface area contributed by atoms with E-state index >= 15 is 0 Å². The lowest BCUT2D eigenvalue weighted by Gasteiger charge is -2.20. The van der Waals surface area contributed by atoms with Crippen molar-refractivity contribution in [2.45, 2.75) is 25.5 Å². The van der Waals surface area contributed by atoms with Crippen molar-refractivity contribution in [3.8, 4) is 0 Å². The van der Waals surface area contributed by atoms with Gasteiger partial charge in [-0.3, -0.25) is 4.79 Å². The average molecular weight is 280 g/mol. The maximum Gasteiger partial charge on any atom is 0.230 e. The van der Waals surface area contributed by atoms with E-state index in [1.54, 1.807) is 11.8 Å². The zero-order chi connectivity index (χ0) is 14.3. The van der Waals surface area contributed by atoms with E-state index in [2.05, 4.69) is 43.1 Å². The minimum atomic E-state index is 0.112. The lowest BCUT2D eigenvalue weighted by atomic mass is 10.3. The standard InChI is InChI=1S/C15H24N2OS/c1-15(2,3)19-12-14(18)16-10-11-17(4)13-8-6-5-7-9-13/h5-9H,10-12H2,1-4H3,(H,16,18). The second-order valence-corrected chi connectivity index (χ2v) is 7.31. The van der Waals surface area contributed by atoms with Crippen LogP contribution in [0.5, 0.6) is 0 Å². The van der Waals surface area contributed by atoms with Crippen LogP contribution in [0.15, 0.2) is 30.3 Å². The number of hydrogen-bond acceptors (Lipinski definition) is 3. The summed E-state index contributed by atoms with van der Waals surface area (Å²) < 4.78 is 0.137. The Bertz CT molecular complexity index is 387. The number of carbonyl (C=O) groups is 1. The van der Waals surface area contributed by atoms with E-state index in [0.717, 1.165) is 6.54 Å². The number of nitrogens with one attached hydrogen (secondary N) is 1. The lowest BCUT2D eigenvalue weighted by molar-refractivity contribution is -0.118. The Hall–Kier alpha value is -1.16. The summed E-state index contributed by atoms with van der Waals surface area (Å²) in [6.45, 7) is 7.85. The van der Waals surface area contributed by atoms with Crippen LogP contribution < -0.4 is 10.2 Å². The Morgan fingerprint density at radius 1 is 1.26 bits per heavy atom. The van der Waals surface area contributed by atoms with Gasteiger partial charge in [0.15, 0.2) is 0 Å². The normalized spacial score (nSPS) is 11.2. The predicted molar refractivity (Wildman–Crippen MR) is 84.9 cm³/mol. The van der Waals surface area contributed by atoms with Crippen LogP contribution in [-0.4, -0.2) is 36.5 Å². The van der Waals surface area contributed by atoms with Crippen LogP contribution in [-0.2, 0) is 4.79 Å². The molecular weight excluding hydrogens is 256 g/mol. The van der Waals surface area contributed by atoms with Crippen molar-refractivity contribution in [3.05, 3.63) is 30.3 Å². The van der Waals surface area contributed by atoms with E-state index in [1.807, 2.05) is 25.2 Å². The number of amides is 1. The minimum Gasteiger partial charge on any atom is -0.373 e. The number of hydrogen-bond donors (Lipinski definition) is 1. The van der Waals surface area contributed by atoms with Crippen LogP contribution in [0.25, 0.3) is 0 Å². The highest BCUT2D eigenvalue weighted by Crippen LogP contribution is 2.22. The zero-order valence-corrected chi connectivity index (χ0v) is 13.1. The molecular formula is C15H24N2OS. The SMILES string of the molecule is CN(CCNC(=O)CSC(C)(C)C)c1ccccc1. The summed E-state index contributed by atoms with van der Waals surface area (Å²) in [5, 5.41) is 2.95. The molecule has 1 N–H and O–H groups in total. The molecule has 0 heterocycles. The Kier molecular flexibility index (Phi) is 6.22. The van der Waals surface area contributed by atoms with Gasteiger partial charge < -0.3 is 10.2 Å². The highest BCUT2D eigenvalue weighted by Gasteiger charge is 2.13. The van der Waals surface area contributed by atoms with Crippen LogP contribution in [0.4, 0.5) is 5.69 Å². The van der Waals surface area contributed by atoms with Gasteiger partial charge in [0, 0.05) is 30.6 Å². The van der Waals surface area contributed by atoms with Gasteiger partial charge in [-0.15, -0.1) is 11.8 Å². The van der Waals surface area contributed by atoms with Gasteiger partial charge in [0.05, 0.1) is 5.75 Å². The quantitative estimate of drug-likeness (QED) is 0.869. The van der Waals surface area contributed by atoms with Crippen molar-refractivity contribution in [2.75, 3.05) is 30.8 Å². The minimum absolute atomic E-state index is 0.112. The van der Waals surface area contributed by atoms with E-state index in [4.69, 9.17) is 0 Å². The lowest BCUT2D eigenvalue weighted by Crippen LogP contribution is -2.34. The number of para-hydroxylation sites is 1. The van der Waals surface area contributed by atoms with Gasteiger partial charge in [-0.05, 0) is 12.1 Å². The van der Waals surface area contributed by atoms with E-state index in [1.165, 1.54) is 5.69 Å². The van der Waals surface area contributed by atoms with Gasteiger partial charge in [0.2, 0.25) is 5.91 Å². The second-order valence-electron chi connectivity index (χ2n) is 5.51. The molecule has 0 fully saturated rings. The third-order valence-electron chi connectivity index (χ3n) is 2.60. The molecule has 0 spiro atoms. The third-order valence-corrected chi connectivity index (χ3v) is 3.88. The van der Waals surface area contributed by atoms with Crippen LogP contribution in [0, 0.1) is 0 Å². The number of carbonyl (C=O) groups excluding carboxylic acids is 1. The molecule has 0 saturated heterocycles. The fraction of sp³-hybridized carbons (Fsp3) is 0.533. The molecule has 106 valence electrons. The maximum absolute atomic E-state index is 11.7. The zero-order valence-electron chi connectivity index (χ0n) is 12.3. The summed E-state index contributed by atoms with van der Waals surface area (Å²) in [6, 6.07) is 10.2. The number of rotatable bonds is 6. The summed E-state index contributed by atoms with van der Waals surface area (Å²) in [7, 11) is 2.03. The topological polar surface area (TPSA) is 32.3 Å². The van der Waals surface area contributed by atoms with Gasteiger partial charge in [-0.1, -0.05) is 39.0 Å². The highest BCUT2D eigenvalue weighted by atomic mass is 32.2. The number of benzene rings is 1. The van der Waals surface area contributed by atoms with Crippen LogP contribution in [0.3, 0.4) is 0 Å². The first-order valence-corrected chi connectivity index (χ1v) is 7.54. The molecule has 19 heavy (non-hydrogen) atoms. The largest absolute Gasteiger partial charge is 0.373 e. The van der Waals surface area contributed by atoms with Crippen LogP contribution in [0.2, 0.25) is 0 Å². The van der Waals surface area contributed by atoms with E-state index in [9.17, 15) is 4.79 Å². The van der Waals surface area contributed by atoms with Crippen molar-refractivity contribution < 1.29 is 4.79 Å². The monoisotopic (exact) mass is 280 g/mol. The molecule has 0 bridgehead atoms. The molecule has 1 rings (SSSR count). The molecule has 0 aromatic heterocycles. The van der Waals surface area contributed by atoms with Crippen molar-refractivity contribution in [2.24, 2.45) is 0 Å². The molecule has 0 atom stereocenters. The maximum atomic E-state index is 11.7. The number of nitrogens with zero attached hydrogens (tertiary/aromatic N) is 1. The summed E-state index contributed by atoms with van der Waals surface area (Å²) in [5.74, 6) is 0.639. The summed E-state index contributed by atoms with van der Waals surface area (Å²) >= 11 is 1.67. The average Bonchev–Trinajstić information content (AvgIpc) is 2.36. The molecule has 4 heteroatoms. The number of likely N-dealkylation sites (N-methyl/N-ethyl adjacent to an activating group) is 1. The number of anilines is 1.